The first kappa shape index (κ1) is 18.8. The van der Waals surface area contributed by atoms with Crippen molar-refractivity contribution in [2.24, 2.45) is 0 Å². The summed E-state index contributed by atoms with van der Waals surface area (Å²) in [6.45, 7) is 0. The molecule has 3 aromatic carbocycles. The number of rotatable bonds is 3. The fourth-order valence-electron chi connectivity index (χ4n) is 4.30. The molecule has 0 radical (unpaired) electrons. The Morgan fingerprint density at radius 2 is 1.41 bits per heavy atom. The summed E-state index contributed by atoms with van der Waals surface area (Å²) < 4.78 is 2.24. The summed E-state index contributed by atoms with van der Waals surface area (Å²) in [5.41, 5.74) is 6.20. The molecule has 0 N–H and O–H groups in total. The average Bonchev–Trinajstić information content (AvgIpc) is 3.19. The molecule has 0 aliphatic rings. The highest BCUT2D eigenvalue weighted by atomic mass is 32.1. The van der Waals surface area contributed by atoms with Crippen LogP contribution in [0.25, 0.3) is 50.1 Å². The highest BCUT2D eigenvalue weighted by Gasteiger charge is 2.15. The molecule has 0 amide bonds. The molecule has 0 saturated carbocycles. The van der Waals surface area contributed by atoms with E-state index < -0.39 is 0 Å². The van der Waals surface area contributed by atoms with E-state index in [-0.39, 0.29) is 0 Å². The van der Waals surface area contributed by atoms with E-state index in [0.29, 0.717) is 0 Å². The third kappa shape index (κ3) is 3.08. The Bertz CT molecular complexity index is 1590. The van der Waals surface area contributed by atoms with E-state index in [4.69, 9.17) is 4.98 Å². The number of thiol groups is 1. The molecule has 3 heterocycles. The second kappa shape index (κ2) is 7.66. The third-order valence-corrected chi connectivity index (χ3v) is 6.17. The normalized spacial score (nSPS) is 11.3. The first-order chi connectivity index (χ1) is 15.8. The lowest BCUT2D eigenvalue weighted by Gasteiger charge is -2.11. The van der Waals surface area contributed by atoms with Gasteiger partial charge in [0.15, 0.2) is 0 Å². The maximum absolute atomic E-state index is 5.05. The monoisotopic (exact) mass is 429 g/mol. The molecule has 32 heavy (non-hydrogen) atoms. The predicted molar refractivity (Wildman–Crippen MR) is 134 cm³/mol. The first-order valence-corrected chi connectivity index (χ1v) is 10.9. The van der Waals surface area contributed by atoms with Crippen LogP contribution in [0.2, 0.25) is 0 Å². The molecule has 3 nitrogen and oxygen atoms in total. The maximum atomic E-state index is 5.05. The number of nitrogens with zero attached hydrogens (tertiary/aromatic N) is 3. The molecule has 4 heteroatoms. The van der Waals surface area contributed by atoms with Crippen molar-refractivity contribution in [2.75, 3.05) is 0 Å². The molecule has 6 aromatic rings. The van der Waals surface area contributed by atoms with Crippen molar-refractivity contribution in [3.8, 4) is 28.3 Å². The Hall–Kier alpha value is -3.89. The van der Waals surface area contributed by atoms with Crippen molar-refractivity contribution in [2.45, 2.75) is 4.90 Å². The lowest BCUT2D eigenvalue weighted by atomic mass is 10.1. The van der Waals surface area contributed by atoms with Gasteiger partial charge in [0.05, 0.1) is 22.4 Å². The van der Waals surface area contributed by atoms with Crippen LogP contribution in [0.15, 0.2) is 114 Å². The van der Waals surface area contributed by atoms with Gasteiger partial charge in [-0.15, -0.1) is 12.6 Å². The number of para-hydroxylation sites is 1. The smallest absolute Gasteiger partial charge is 0.138 e. The topological polar surface area (TPSA) is 30.7 Å². The summed E-state index contributed by atoms with van der Waals surface area (Å²) >= 11 is 4.64. The highest BCUT2D eigenvalue weighted by Crippen LogP contribution is 2.34. The molecule has 0 bridgehead atoms. The van der Waals surface area contributed by atoms with E-state index >= 15 is 0 Å². The lowest BCUT2D eigenvalue weighted by Crippen LogP contribution is -1.99. The molecule has 3 aromatic heterocycles. The van der Waals surface area contributed by atoms with E-state index in [1.54, 1.807) is 0 Å². The fourth-order valence-corrected chi connectivity index (χ4v) is 4.57. The van der Waals surface area contributed by atoms with Gasteiger partial charge in [-0.2, -0.15) is 0 Å². The van der Waals surface area contributed by atoms with E-state index in [2.05, 4.69) is 82.8 Å². The maximum Gasteiger partial charge on any atom is 0.138 e. The molecule has 6 rings (SSSR count). The van der Waals surface area contributed by atoms with Crippen LogP contribution in [-0.2, 0) is 0 Å². The highest BCUT2D eigenvalue weighted by molar-refractivity contribution is 7.80. The third-order valence-electron chi connectivity index (χ3n) is 5.78. The van der Waals surface area contributed by atoms with Crippen LogP contribution in [0.4, 0.5) is 0 Å². The largest absolute Gasteiger partial charge is 0.294 e. The van der Waals surface area contributed by atoms with Gasteiger partial charge in [0.25, 0.3) is 0 Å². The molecule has 0 spiro atoms. The van der Waals surface area contributed by atoms with E-state index in [9.17, 15) is 0 Å². The van der Waals surface area contributed by atoms with Gasteiger partial charge < -0.3 is 0 Å². The number of hydrogen-bond donors (Lipinski definition) is 1. The first-order valence-electron chi connectivity index (χ1n) is 10.5. The average molecular weight is 430 g/mol. The Balaban J connectivity index is 1.63. The fraction of sp³-hybridized carbons (Fsp3) is 0. The minimum atomic E-state index is 0.878. The molecule has 0 aliphatic carbocycles. The van der Waals surface area contributed by atoms with Gasteiger partial charge >= 0.3 is 0 Å². The summed E-state index contributed by atoms with van der Waals surface area (Å²) in [5.74, 6) is 0.878. The van der Waals surface area contributed by atoms with Crippen molar-refractivity contribution >= 4 is 34.4 Å². The minimum absolute atomic E-state index is 0.878. The lowest BCUT2D eigenvalue weighted by molar-refractivity contribution is 1.08. The number of fused-ring (bicyclic) bond motifs is 3. The molecule has 0 unspecified atom stereocenters. The SMILES string of the molecule is Sc1ccccc1-c1cccc(-n2c3ccccc3c3ccc(-c4ccccn4)cc32)n1. The molecule has 0 saturated heterocycles. The standard InChI is InChI=1S/C28H19N3S/c32-27-13-4-2-9-22(27)24-11-7-14-28(30-24)31-25-12-3-1-8-20(25)21-16-15-19(18-26(21)31)23-10-5-6-17-29-23/h1-18,32H. The van der Waals surface area contributed by atoms with Crippen molar-refractivity contribution in [3.05, 3.63) is 109 Å². The van der Waals surface area contributed by atoms with E-state index in [0.717, 1.165) is 44.3 Å². The van der Waals surface area contributed by atoms with Crippen LogP contribution in [0.5, 0.6) is 0 Å². The van der Waals surface area contributed by atoms with Crippen LogP contribution < -0.4 is 0 Å². The zero-order chi connectivity index (χ0) is 21.5. The molecule has 0 aliphatic heterocycles. The summed E-state index contributed by atoms with van der Waals surface area (Å²) in [4.78, 5) is 10.5. The molecular weight excluding hydrogens is 410 g/mol. The van der Waals surface area contributed by atoms with Crippen LogP contribution >= 0.6 is 12.6 Å². The molecular formula is C28H19N3S. The summed E-state index contributed by atoms with van der Waals surface area (Å²) in [6.07, 6.45) is 1.83. The number of aromatic nitrogens is 3. The van der Waals surface area contributed by atoms with Gasteiger partial charge in [-0.1, -0.05) is 60.7 Å². The van der Waals surface area contributed by atoms with Crippen molar-refractivity contribution < 1.29 is 0 Å². The number of benzene rings is 3. The minimum Gasteiger partial charge on any atom is -0.294 e. The van der Waals surface area contributed by atoms with Gasteiger partial charge in [0.2, 0.25) is 0 Å². The summed E-state index contributed by atoms with van der Waals surface area (Å²) in [5, 5.41) is 2.40. The van der Waals surface area contributed by atoms with Crippen LogP contribution in [0.3, 0.4) is 0 Å². The van der Waals surface area contributed by atoms with Crippen LogP contribution in [0, 0.1) is 0 Å². The van der Waals surface area contributed by atoms with Gasteiger partial charge in [-0.05, 0) is 42.5 Å². The number of hydrogen-bond acceptors (Lipinski definition) is 3. The van der Waals surface area contributed by atoms with Crippen molar-refractivity contribution in [3.63, 3.8) is 0 Å². The predicted octanol–water partition coefficient (Wildman–Crippen LogP) is 7.20. The second-order valence-corrected chi connectivity index (χ2v) is 8.18. The molecule has 152 valence electrons. The Morgan fingerprint density at radius 3 is 2.28 bits per heavy atom. The van der Waals surface area contributed by atoms with E-state index in [1.807, 2.05) is 48.7 Å². The summed E-state index contributed by atoms with van der Waals surface area (Å²) in [6, 6.07) is 35.2. The zero-order valence-corrected chi connectivity index (χ0v) is 18.1. The summed E-state index contributed by atoms with van der Waals surface area (Å²) in [7, 11) is 0. The van der Waals surface area contributed by atoms with Gasteiger partial charge in [-0.25, -0.2) is 4.98 Å². The van der Waals surface area contributed by atoms with E-state index in [1.165, 1.54) is 10.8 Å². The Labute approximate surface area is 191 Å². The quantitative estimate of drug-likeness (QED) is 0.302. The van der Waals surface area contributed by atoms with Gasteiger partial charge in [-0.3, -0.25) is 9.55 Å². The van der Waals surface area contributed by atoms with Crippen molar-refractivity contribution in [1.82, 2.24) is 14.5 Å². The van der Waals surface area contributed by atoms with Gasteiger partial charge in [0.1, 0.15) is 5.82 Å². The van der Waals surface area contributed by atoms with Crippen LogP contribution in [0.1, 0.15) is 0 Å². The molecule has 0 fully saturated rings. The Kier molecular flexibility index (Phi) is 4.51. The second-order valence-electron chi connectivity index (χ2n) is 7.70. The van der Waals surface area contributed by atoms with Crippen LogP contribution in [-0.4, -0.2) is 14.5 Å². The zero-order valence-electron chi connectivity index (χ0n) is 17.2. The molecule has 0 atom stereocenters. The van der Waals surface area contributed by atoms with Gasteiger partial charge in [0, 0.05) is 33.0 Å². The number of pyridine rings is 2. The Morgan fingerprint density at radius 1 is 0.625 bits per heavy atom. The van der Waals surface area contributed by atoms with Crippen molar-refractivity contribution in [1.29, 1.82) is 0 Å².